The van der Waals surface area contributed by atoms with Crippen LogP contribution in [0.5, 0.6) is 0 Å². The zero-order valence-corrected chi connectivity index (χ0v) is 13.7. The Balaban J connectivity index is 1.94. The highest BCUT2D eigenvalue weighted by molar-refractivity contribution is 7.81. The van der Waals surface area contributed by atoms with Gasteiger partial charge in [0.05, 0.1) is 0 Å². The molecule has 1 saturated heterocycles. The minimum atomic E-state index is 0.313. The Bertz CT molecular complexity index is 527. The molecule has 0 bridgehead atoms. The normalized spacial score (nSPS) is 16.1. The highest BCUT2D eigenvalue weighted by atomic mass is 32.1. The average molecular weight is 320 g/mol. The standard InChI is InChI=1S/C15H20N4S2/c1-3-11-5-7-12(8-6-11)9-13(4-2)18-19-10-16-14(20)17-15(19)21/h3,5-8,13,18H,1,4,9-10H2,2H3,(H2,16,17,20,21). The van der Waals surface area contributed by atoms with E-state index in [4.69, 9.17) is 24.4 Å². The third kappa shape index (κ3) is 4.49. The molecular formula is C15H20N4S2. The number of benzene rings is 1. The molecule has 1 heterocycles. The molecule has 1 aliphatic rings. The summed E-state index contributed by atoms with van der Waals surface area (Å²) in [6.45, 7) is 6.51. The Morgan fingerprint density at radius 3 is 2.67 bits per heavy atom. The molecule has 1 aromatic rings. The second kappa shape index (κ2) is 7.49. The Kier molecular flexibility index (Phi) is 5.67. The van der Waals surface area contributed by atoms with E-state index in [0.717, 1.165) is 18.4 Å². The van der Waals surface area contributed by atoms with Gasteiger partial charge in [-0.2, -0.15) is 0 Å². The minimum Gasteiger partial charge on any atom is -0.344 e. The number of hydrazine groups is 1. The first-order chi connectivity index (χ1) is 10.1. The first-order valence-corrected chi connectivity index (χ1v) is 7.78. The molecule has 6 heteroatoms. The van der Waals surface area contributed by atoms with E-state index in [2.05, 4.69) is 53.8 Å². The maximum Gasteiger partial charge on any atom is 0.191 e. The Labute approximate surface area is 136 Å². The van der Waals surface area contributed by atoms with E-state index in [1.54, 1.807) is 0 Å². The fourth-order valence-electron chi connectivity index (χ4n) is 2.11. The van der Waals surface area contributed by atoms with Gasteiger partial charge in [-0.1, -0.05) is 43.8 Å². The lowest BCUT2D eigenvalue weighted by Crippen LogP contribution is -2.63. The summed E-state index contributed by atoms with van der Waals surface area (Å²) in [6, 6.07) is 8.76. The highest BCUT2D eigenvalue weighted by Gasteiger charge is 2.19. The quantitative estimate of drug-likeness (QED) is 0.698. The summed E-state index contributed by atoms with van der Waals surface area (Å²) in [5, 5.41) is 9.07. The molecule has 3 N–H and O–H groups in total. The van der Waals surface area contributed by atoms with E-state index in [0.29, 0.717) is 22.9 Å². The lowest BCUT2D eigenvalue weighted by molar-refractivity contribution is 0.241. The molecule has 112 valence electrons. The second-order valence-electron chi connectivity index (χ2n) is 4.91. The van der Waals surface area contributed by atoms with Gasteiger partial charge in [-0.3, -0.25) is 5.01 Å². The number of hydrogen-bond donors (Lipinski definition) is 3. The smallest absolute Gasteiger partial charge is 0.191 e. The minimum absolute atomic E-state index is 0.313. The zero-order chi connectivity index (χ0) is 15.2. The SMILES string of the molecule is C=Cc1ccc(CC(CC)NN2CNC(=S)NC2=S)cc1. The Morgan fingerprint density at radius 1 is 1.38 bits per heavy atom. The molecule has 0 aliphatic carbocycles. The van der Waals surface area contributed by atoms with Gasteiger partial charge in [0.25, 0.3) is 0 Å². The molecule has 2 rings (SSSR count). The largest absolute Gasteiger partial charge is 0.344 e. The Morgan fingerprint density at radius 2 is 2.10 bits per heavy atom. The van der Waals surface area contributed by atoms with E-state index in [1.165, 1.54) is 5.56 Å². The molecular weight excluding hydrogens is 300 g/mol. The monoisotopic (exact) mass is 320 g/mol. The summed E-state index contributed by atoms with van der Waals surface area (Å²) < 4.78 is 0. The summed E-state index contributed by atoms with van der Waals surface area (Å²) in [7, 11) is 0. The first-order valence-electron chi connectivity index (χ1n) is 6.96. The van der Waals surface area contributed by atoms with E-state index < -0.39 is 0 Å². The topological polar surface area (TPSA) is 39.3 Å². The van der Waals surface area contributed by atoms with Crippen LogP contribution in [-0.2, 0) is 6.42 Å². The molecule has 1 aromatic carbocycles. The van der Waals surface area contributed by atoms with Gasteiger partial charge in [0.15, 0.2) is 10.2 Å². The van der Waals surface area contributed by atoms with E-state index >= 15 is 0 Å². The van der Waals surface area contributed by atoms with Crippen molar-refractivity contribution >= 4 is 40.7 Å². The Hall–Kier alpha value is -1.50. The van der Waals surface area contributed by atoms with Crippen molar-refractivity contribution in [1.29, 1.82) is 0 Å². The predicted molar refractivity (Wildman–Crippen MR) is 95.6 cm³/mol. The molecule has 4 nitrogen and oxygen atoms in total. The molecule has 0 spiro atoms. The van der Waals surface area contributed by atoms with Gasteiger partial charge >= 0.3 is 0 Å². The van der Waals surface area contributed by atoms with Crippen LogP contribution in [0, 0.1) is 0 Å². The van der Waals surface area contributed by atoms with E-state index in [-0.39, 0.29) is 0 Å². The maximum absolute atomic E-state index is 5.28. The lowest BCUT2D eigenvalue weighted by atomic mass is 10.0. The number of thiocarbonyl (C=S) groups is 2. The predicted octanol–water partition coefficient (Wildman–Crippen LogP) is 2.18. The van der Waals surface area contributed by atoms with Crippen LogP contribution in [0.15, 0.2) is 30.8 Å². The van der Waals surface area contributed by atoms with Gasteiger partial charge < -0.3 is 10.6 Å². The van der Waals surface area contributed by atoms with E-state index in [1.807, 2.05) is 11.1 Å². The van der Waals surface area contributed by atoms with Crippen LogP contribution >= 0.6 is 24.4 Å². The summed E-state index contributed by atoms with van der Waals surface area (Å²) >= 11 is 10.3. The number of rotatable bonds is 6. The fraction of sp³-hybridized carbons (Fsp3) is 0.333. The van der Waals surface area contributed by atoms with Gasteiger partial charge in [-0.25, -0.2) is 5.43 Å². The molecule has 0 saturated carbocycles. The van der Waals surface area contributed by atoms with Crippen molar-refractivity contribution in [2.24, 2.45) is 0 Å². The molecule has 0 aromatic heterocycles. The molecule has 0 amide bonds. The van der Waals surface area contributed by atoms with Crippen LogP contribution < -0.4 is 16.1 Å². The molecule has 1 atom stereocenters. The summed E-state index contributed by atoms with van der Waals surface area (Å²) in [4.78, 5) is 0. The van der Waals surface area contributed by atoms with Crippen molar-refractivity contribution in [3.63, 3.8) is 0 Å². The van der Waals surface area contributed by atoms with Gasteiger partial charge in [0.1, 0.15) is 6.67 Å². The molecule has 0 radical (unpaired) electrons. The van der Waals surface area contributed by atoms with Crippen molar-refractivity contribution in [2.75, 3.05) is 6.67 Å². The van der Waals surface area contributed by atoms with Crippen molar-refractivity contribution < 1.29 is 0 Å². The van der Waals surface area contributed by atoms with Gasteiger partial charge in [-0.15, -0.1) is 0 Å². The van der Waals surface area contributed by atoms with Crippen LogP contribution in [0.4, 0.5) is 0 Å². The summed E-state index contributed by atoms with van der Waals surface area (Å²) in [5.41, 5.74) is 5.87. The summed E-state index contributed by atoms with van der Waals surface area (Å²) in [5.74, 6) is 0. The number of nitrogens with zero attached hydrogens (tertiary/aromatic N) is 1. The lowest BCUT2D eigenvalue weighted by Gasteiger charge is -2.34. The third-order valence-corrected chi connectivity index (χ3v) is 3.96. The van der Waals surface area contributed by atoms with Gasteiger partial charge in [0, 0.05) is 6.04 Å². The first kappa shape index (κ1) is 15.9. The third-order valence-electron chi connectivity index (χ3n) is 3.39. The molecule has 21 heavy (non-hydrogen) atoms. The number of hydrogen-bond acceptors (Lipinski definition) is 3. The van der Waals surface area contributed by atoms with Crippen LogP contribution in [0.1, 0.15) is 24.5 Å². The maximum atomic E-state index is 5.28. The van der Waals surface area contributed by atoms with Crippen molar-refractivity contribution in [3.8, 4) is 0 Å². The second-order valence-corrected chi connectivity index (χ2v) is 5.70. The van der Waals surface area contributed by atoms with E-state index in [9.17, 15) is 0 Å². The van der Waals surface area contributed by atoms with Crippen LogP contribution in [0.25, 0.3) is 6.08 Å². The zero-order valence-electron chi connectivity index (χ0n) is 12.1. The van der Waals surface area contributed by atoms with Gasteiger partial charge in [0.2, 0.25) is 0 Å². The number of nitrogens with one attached hydrogen (secondary N) is 3. The van der Waals surface area contributed by atoms with Crippen molar-refractivity contribution in [3.05, 3.63) is 42.0 Å². The van der Waals surface area contributed by atoms with Crippen LogP contribution in [-0.4, -0.2) is 27.9 Å². The average Bonchev–Trinajstić information content (AvgIpc) is 2.49. The van der Waals surface area contributed by atoms with Gasteiger partial charge in [-0.05, 0) is 48.4 Å². The highest BCUT2D eigenvalue weighted by Crippen LogP contribution is 2.10. The molecule has 1 unspecified atom stereocenters. The summed E-state index contributed by atoms with van der Waals surface area (Å²) in [6.07, 6.45) is 3.80. The van der Waals surface area contributed by atoms with Crippen LogP contribution in [0.2, 0.25) is 0 Å². The molecule has 1 aliphatic heterocycles. The molecule has 1 fully saturated rings. The van der Waals surface area contributed by atoms with Crippen molar-refractivity contribution in [1.82, 2.24) is 21.1 Å². The fourth-order valence-corrected chi connectivity index (χ4v) is 2.56. The van der Waals surface area contributed by atoms with Crippen molar-refractivity contribution in [2.45, 2.75) is 25.8 Å². The van der Waals surface area contributed by atoms with Crippen LogP contribution in [0.3, 0.4) is 0 Å².